The normalized spacial score (nSPS) is 13.7. The summed E-state index contributed by atoms with van der Waals surface area (Å²) in [5.74, 6) is 1.73. The van der Waals surface area contributed by atoms with E-state index in [9.17, 15) is 0 Å². The van der Waals surface area contributed by atoms with Crippen molar-refractivity contribution in [2.24, 2.45) is 0 Å². The minimum absolute atomic E-state index is 0.293. The van der Waals surface area contributed by atoms with Crippen LogP contribution in [0.1, 0.15) is 58.4 Å². The average Bonchev–Trinajstić information content (AvgIpc) is 3.74. The lowest BCUT2D eigenvalue weighted by Crippen LogP contribution is -2.29. The van der Waals surface area contributed by atoms with E-state index in [2.05, 4.69) is 232 Å². The highest BCUT2D eigenvalue weighted by atomic mass is 15.2. The van der Waals surface area contributed by atoms with Gasteiger partial charge in [-0.25, -0.2) is 9.97 Å². The first-order chi connectivity index (χ1) is 30.4. The van der Waals surface area contributed by atoms with Gasteiger partial charge in [0, 0.05) is 46.0 Å². The van der Waals surface area contributed by atoms with Crippen molar-refractivity contribution >= 4 is 34.4 Å². The zero-order valence-corrected chi connectivity index (χ0v) is 35.4. The Balaban J connectivity index is 1.33. The molecule has 4 heteroatoms. The van der Waals surface area contributed by atoms with Crippen LogP contribution in [0.5, 0.6) is 0 Å². The summed E-state index contributed by atoms with van der Waals surface area (Å²) < 4.78 is 0. The second-order valence-corrected chi connectivity index (χ2v) is 17.2. The van der Waals surface area contributed by atoms with Gasteiger partial charge in [0.25, 0.3) is 0 Å². The number of benzene rings is 7. The highest BCUT2D eigenvalue weighted by Crippen LogP contribution is 2.65. The number of pyridine rings is 2. The van der Waals surface area contributed by atoms with Gasteiger partial charge in [0.2, 0.25) is 0 Å². The van der Waals surface area contributed by atoms with Gasteiger partial charge in [-0.15, -0.1) is 0 Å². The van der Waals surface area contributed by atoms with Crippen molar-refractivity contribution in [3.05, 3.63) is 251 Å². The van der Waals surface area contributed by atoms with E-state index in [4.69, 9.17) is 9.97 Å². The molecule has 0 aliphatic heterocycles. The third kappa shape index (κ3) is 5.67. The van der Waals surface area contributed by atoms with Crippen LogP contribution >= 0.6 is 0 Å². The first-order valence-corrected chi connectivity index (χ1v) is 21.5. The molecule has 0 saturated heterocycles. The molecule has 0 amide bonds. The third-order valence-electron chi connectivity index (χ3n) is 13.1. The average molecular weight is 799 g/mol. The molecule has 62 heavy (non-hydrogen) atoms. The van der Waals surface area contributed by atoms with Gasteiger partial charge in [0.1, 0.15) is 11.6 Å². The Morgan fingerprint density at radius 1 is 0.387 bits per heavy atom. The lowest BCUT2D eigenvalue weighted by atomic mass is 9.66. The molecule has 4 nitrogen and oxygen atoms in total. The molecular formula is C58H46N4. The molecule has 0 spiro atoms. The predicted octanol–water partition coefficient (Wildman–Crippen LogP) is 14.7. The van der Waals surface area contributed by atoms with Gasteiger partial charge >= 0.3 is 0 Å². The van der Waals surface area contributed by atoms with Crippen LogP contribution in [0.3, 0.4) is 0 Å². The lowest BCUT2D eigenvalue weighted by Gasteiger charge is -2.36. The fourth-order valence-corrected chi connectivity index (χ4v) is 10.3. The summed E-state index contributed by atoms with van der Waals surface area (Å²) in [7, 11) is 0. The van der Waals surface area contributed by atoms with E-state index in [0.717, 1.165) is 45.5 Å². The smallest absolute Gasteiger partial charge is 0.137 e. The zero-order valence-electron chi connectivity index (χ0n) is 35.4. The van der Waals surface area contributed by atoms with Crippen molar-refractivity contribution in [1.82, 2.24) is 9.97 Å². The monoisotopic (exact) mass is 798 g/mol. The minimum atomic E-state index is -0.704. The van der Waals surface area contributed by atoms with E-state index in [1.165, 1.54) is 55.6 Å². The molecule has 0 unspecified atom stereocenters. The van der Waals surface area contributed by atoms with Crippen LogP contribution in [0.25, 0.3) is 22.3 Å². The molecule has 2 aliphatic rings. The van der Waals surface area contributed by atoms with Crippen LogP contribution in [0.15, 0.2) is 207 Å². The number of hydrogen-bond donors (Lipinski definition) is 0. The second kappa shape index (κ2) is 14.6. The molecule has 0 saturated carbocycles. The quantitative estimate of drug-likeness (QED) is 0.153. The Morgan fingerprint density at radius 3 is 1.44 bits per heavy atom. The number of aryl methyl sites for hydroxylation is 2. The summed E-state index contributed by atoms with van der Waals surface area (Å²) >= 11 is 0. The van der Waals surface area contributed by atoms with Crippen molar-refractivity contribution in [3.8, 4) is 22.3 Å². The molecule has 9 aromatic rings. The van der Waals surface area contributed by atoms with Crippen LogP contribution in [-0.4, -0.2) is 9.97 Å². The second-order valence-electron chi connectivity index (χ2n) is 17.2. The van der Waals surface area contributed by atoms with E-state index >= 15 is 0 Å². The van der Waals surface area contributed by atoms with E-state index in [1.54, 1.807) is 0 Å². The van der Waals surface area contributed by atoms with E-state index in [0.29, 0.717) is 0 Å². The van der Waals surface area contributed by atoms with Crippen LogP contribution in [0.2, 0.25) is 0 Å². The summed E-state index contributed by atoms with van der Waals surface area (Å²) in [6.45, 7) is 8.98. The van der Waals surface area contributed by atoms with Crippen LogP contribution in [0, 0.1) is 13.8 Å². The molecule has 298 valence electrons. The number of rotatable bonds is 8. The van der Waals surface area contributed by atoms with Gasteiger partial charge in [-0.05, 0) is 118 Å². The number of hydrogen-bond acceptors (Lipinski definition) is 4. The van der Waals surface area contributed by atoms with Gasteiger partial charge < -0.3 is 0 Å². The number of aromatic nitrogens is 2. The van der Waals surface area contributed by atoms with Crippen LogP contribution in [-0.2, 0) is 10.8 Å². The zero-order chi connectivity index (χ0) is 42.0. The van der Waals surface area contributed by atoms with Crippen LogP contribution in [0.4, 0.5) is 34.4 Å². The first-order valence-electron chi connectivity index (χ1n) is 21.5. The Hall–Kier alpha value is -7.56. The molecule has 0 atom stereocenters. The summed E-state index contributed by atoms with van der Waals surface area (Å²) in [5.41, 5.74) is 17.9. The molecule has 0 N–H and O–H groups in total. The largest absolute Gasteiger partial charge is 0.295 e. The van der Waals surface area contributed by atoms with Crippen molar-refractivity contribution < 1.29 is 0 Å². The van der Waals surface area contributed by atoms with Gasteiger partial charge in [0.05, 0.1) is 11.1 Å². The molecule has 2 aliphatic carbocycles. The van der Waals surface area contributed by atoms with Gasteiger partial charge in [-0.3, -0.25) is 9.80 Å². The molecule has 11 rings (SSSR count). The fraction of sp³-hybridized carbons (Fsp3) is 0.103. The molecule has 0 radical (unpaired) electrons. The van der Waals surface area contributed by atoms with Crippen molar-refractivity contribution in [2.75, 3.05) is 9.80 Å². The van der Waals surface area contributed by atoms with Gasteiger partial charge in [-0.1, -0.05) is 159 Å². The van der Waals surface area contributed by atoms with Crippen LogP contribution < -0.4 is 9.80 Å². The highest BCUT2D eigenvalue weighted by Gasteiger charge is 2.51. The topological polar surface area (TPSA) is 32.3 Å². The van der Waals surface area contributed by atoms with Crippen molar-refractivity contribution in [2.45, 2.75) is 38.5 Å². The molecule has 0 bridgehead atoms. The first kappa shape index (κ1) is 37.4. The summed E-state index contributed by atoms with van der Waals surface area (Å²) in [6, 6.07) is 71.0. The van der Waals surface area contributed by atoms with Gasteiger partial charge in [0.15, 0.2) is 0 Å². The summed E-state index contributed by atoms with van der Waals surface area (Å²) in [5, 5.41) is 0. The molecule has 7 aromatic carbocycles. The van der Waals surface area contributed by atoms with Crippen molar-refractivity contribution in [3.63, 3.8) is 0 Å². The maximum atomic E-state index is 5.21. The maximum absolute atomic E-state index is 5.21. The van der Waals surface area contributed by atoms with E-state index < -0.39 is 5.41 Å². The number of anilines is 6. The molecular weight excluding hydrogens is 753 g/mol. The van der Waals surface area contributed by atoms with E-state index in [1.807, 2.05) is 12.4 Å². The Morgan fingerprint density at radius 2 is 0.871 bits per heavy atom. The SMILES string of the molecule is Cc1ccc(N(c2ccccc2)c2ccc3c(c2)C(c2ccccc2)(c2ccccc2)c2cc4c(c(N(c5ccccc5)c5ccc(C)cn5)c2-3)-c2ccccc2C4(C)C)nc1. The van der Waals surface area contributed by atoms with Gasteiger partial charge in [-0.2, -0.15) is 0 Å². The summed E-state index contributed by atoms with van der Waals surface area (Å²) in [4.78, 5) is 14.9. The fourth-order valence-electron chi connectivity index (χ4n) is 10.3. The number of fused-ring (bicyclic) bond motifs is 6. The highest BCUT2D eigenvalue weighted by molar-refractivity contribution is 6.07. The Labute approximate surface area is 364 Å². The minimum Gasteiger partial charge on any atom is -0.295 e. The Bertz CT molecular complexity index is 3050. The molecule has 0 fully saturated rings. The maximum Gasteiger partial charge on any atom is 0.137 e. The lowest BCUT2D eigenvalue weighted by molar-refractivity contribution is 0.656. The van der Waals surface area contributed by atoms with Crippen molar-refractivity contribution in [1.29, 1.82) is 0 Å². The predicted molar refractivity (Wildman–Crippen MR) is 256 cm³/mol. The Kier molecular flexibility index (Phi) is 8.80. The van der Waals surface area contributed by atoms with E-state index in [-0.39, 0.29) is 5.41 Å². The molecule has 2 heterocycles. The summed E-state index contributed by atoms with van der Waals surface area (Å²) in [6.07, 6.45) is 3.94. The molecule has 2 aromatic heterocycles. The standard InChI is InChI=1S/C58H46N4/c1-39-29-33-52(59-37-39)61(43-23-13-7-14-24-43)45-31-32-47-49(35-45)58(41-19-9-5-10-20-41,42-21-11-6-12-22-42)51-36-50-54(46-27-17-18-28-48(46)57(50,3)4)56(55(47)51)62(44-25-15-8-16-26-44)53-34-30-40(2)38-60-53/h5-38H,1-4H3. The third-order valence-corrected chi connectivity index (χ3v) is 13.1. The number of para-hydroxylation sites is 2. The number of nitrogens with zero attached hydrogens (tertiary/aromatic N) is 4.